The van der Waals surface area contributed by atoms with E-state index in [1.807, 2.05) is 31.2 Å². The van der Waals surface area contributed by atoms with E-state index in [0.717, 1.165) is 17.1 Å². The van der Waals surface area contributed by atoms with Gasteiger partial charge in [0.1, 0.15) is 18.1 Å². The molecule has 4 aromatic rings. The highest BCUT2D eigenvalue weighted by molar-refractivity contribution is 6.32. The van der Waals surface area contributed by atoms with Gasteiger partial charge in [-0.2, -0.15) is 5.10 Å². The monoisotopic (exact) mass is 634 g/mol. The van der Waals surface area contributed by atoms with Gasteiger partial charge in [0.15, 0.2) is 23.9 Å². The number of furan rings is 1. The van der Waals surface area contributed by atoms with Gasteiger partial charge in [-0.3, -0.25) is 9.59 Å². The quantitative estimate of drug-likeness (QED) is 0.166. The van der Waals surface area contributed by atoms with Crippen LogP contribution < -0.4 is 19.6 Å². The first-order valence-electron chi connectivity index (χ1n) is 14.6. The molecule has 0 atom stereocenters. The fourth-order valence-corrected chi connectivity index (χ4v) is 5.10. The molecule has 11 nitrogen and oxygen atoms in total. The molecule has 2 aromatic carbocycles. The lowest BCUT2D eigenvalue weighted by atomic mass is 10.2. The van der Waals surface area contributed by atoms with Crippen LogP contribution in [-0.2, 0) is 16.1 Å². The number of hydrogen-bond acceptors (Lipinski definition) is 8. The van der Waals surface area contributed by atoms with E-state index in [-0.39, 0.29) is 35.7 Å². The second-order valence-corrected chi connectivity index (χ2v) is 10.7. The molecular formula is C33H35ClN4O7. The molecule has 1 aliphatic rings. The third kappa shape index (κ3) is 8.05. The van der Waals surface area contributed by atoms with Gasteiger partial charge in [-0.05, 0) is 87.0 Å². The van der Waals surface area contributed by atoms with Crippen molar-refractivity contribution in [2.24, 2.45) is 5.10 Å². The molecule has 0 aliphatic carbocycles. The molecular weight excluding hydrogens is 600 g/mol. The fourth-order valence-electron chi connectivity index (χ4n) is 4.82. The number of rotatable bonds is 12. The molecule has 1 N–H and O–H groups in total. The van der Waals surface area contributed by atoms with E-state index in [1.165, 1.54) is 6.21 Å². The van der Waals surface area contributed by atoms with Crippen LogP contribution in [0.3, 0.4) is 0 Å². The molecule has 0 unspecified atom stereocenters. The summed E-state index contributed by atoms with van der Waals surface area (Å²) in [5.41, 5.74) is 6.36. The first-order valence-corrected chi connectivity index (χ1v) is 14.9. The van der Waals surface area contributed by atoms with E-state index in [2.05, 4.69) is 41.1 Å². The molecule has 0 bridgehead atoms. The Morgan fingerprint density at radius 3 is 2.42 bits per heavy atom. The predicted molar refractivity (Wildman–Crippen MR) is 169 cm³/mol. The zero-order valence-corrected chi connectivity index (χ0v) is 26.1. The van der Waals surface area contributed by atoms with E-state index >= 15 is 0 Å². The lowest BCUT2D eigenvalue weighted by Crippen LogP contribution is -2.43. The minimum atomic E-state index is -0.531. The maximum absolute atomic E-state index is 12.6. The number of halogens is 1. The number of hydrogen-bond donors (Lipinski definition) is 1. The first-order chi connectivity index (χ1) is 21.8. The SMILES string of the molecule is CCOc1cc(/C=N/NC(=O)c2ccc(COc3ccc(-n4c(C)ccc4C)cc3)o2)cc(Cl)c1OCC(=O)N1CCOCC1. The second-order valence-electron chi connectivity index (χ2n) is 10.2. The fraction of sp³-hybridized carbons (Fsp3) is 0.303. The Bertz CT molecular complexity index is 1640. The van der Waals surface area contributed by atoms with Crippen LogP contribution in [0, 0.1) is 13.8 Å². The molecule has 0 saturated carbocycles. The van der Waals surface area contributed by atoms with Crippen molar-refractivity contribution in [3.8, 4) is 22.9 Å². The number of carbonyl (C=O) groups excluding carboxylic acids is 2. The third-order valence-electron chi connectivity index (χ3n) is 7.05. The normalized spacial score (nSPS) is 13.2. The van der Waals surface area contributed by atoms with Crippen LogP contribution in [0.25, 0.3) is 5.69 Å². The molecule has 1 saturated heterocycles. The summed E-state index contributed by atoms with van der Waals surface area (Å²) in [6, 6.07) is 18.4. The van der Waals surface area contributed by atoms with Gasteiger partial charge >= 0.3 is 5.91 Å². The smallest absolute Gasteiger partial charge is 0.307 e. The standard InChI is InChI=1S/C33H35ClN4O7/c1-4-42-30-18-24(17-28(34)32(30)44-21-31(39)37-13-15-41-16-14-37)19-35-36-33(40)29-12-11-27(45-29)20-43-26-9-7-25(8-10-26)38-22(2)5-6-23(38)3/h5-12,17-19H,4,13-16,20-21H2,1-3H3,(H,36,40)/b35-19+. The Labute approximate surface area is 266 Å². The summed E-state index contributed by atoms with van der Waals surface area (Å²) >= 11 is 6.47. The zero-order chi connectivity index (χ0) is 31.8. The summed E-state index contributed by atoms with van der Waals surface area (Å²) in [5, 5.41) is 4.26. The van der Waals surface area contributed by atoms with Crippen molar-refractivity contribution in [2.45, 2.75) is 27.4 Å². The molecule has 45 heavy (non-hydrogen) atoms. The number of morpholine rings is 1. The summed E-state index contributed by atoms with van der Waals surface area (Å²) < 4.78 is 30.4. The molecule has 3 heterocycles. The Kier molecular flexibility index (Phi) is 10.4. The highest BCUT2D eigenvalue weighted by Gasteiger charge is 2.20. The molecule has 2 aromatic heterocycles. The third-order valence-corrected chi connectivity index (χ3v) is 7.33. The van der Waals surface area contributed by atoms with Crippen molar-refractivity contribution in [1.82, 2.24) is 14.9 Å². The molecule has 236 valence electrons. The maximum Gasteiger partial charge on any atom is 0.307 e. The topological polar surface area (TPSA) is 117 Å². The number of ether oxygens (including phenoxy) is 4. The van der Waals surface area contributed by atoms with Gasteiger partial charge in [-0.1, -0.05) is 11.6 Å². The zero-order valence-electron chi connectivity index (χ0n) is 25.4. The number of nitrogens with zero attached hydrogens (tertiary/aromatic N) is 3. The lowest BCUT2D eigenvalue weighted by Gasteiger charge is -2.27. The molecule has 0 spiro atoms. The van der Waals surface area contributed by atoms with Crippen LogP contribution in [-0.4, -0.2) is 67.0 Å². The van der Waals surface area contributed by atoms with Gasteiger partial charge in [0.05, 0.1) is 31.1 Å². The van der Waals surface area contributed by atoms with Crippen molar-refractivity contribution in [3.63, 3.8) is 0 Å². The molecule has 1 aliphatic heterocycles. The van der Waals surface area contributed by atoms with Crippen LogP contribution in [0.5, 0.6) is 17.2 Å². The lowest BCUT2D eigenvalue weighted by molar-refractivity contribution is -0.137. The summed E-state index contributed by atoms with van der Waals surface area (Å²) in [6.07, 6.45) is 1.42. The number of nitrogens with one attached hydrogen (secondary N) is 1. The van der Waals surface area contributed by atoms with Crippen LogP contribution in [0.15, 0.2) is 70.2 Å². The Morgan fingerprint density at radius 1 is 0.978 bits per heavy atom. The van der Waals surface area contributed by atoms with Crippen molar-refractivity contribution in [3.05, 3.63) is 94.2 Å². The number of carbonyl (C=O) groups is 2. The van der Waals surface area contributed by atoms with E-state index in [1.54, 1.807) is 29.2 Å². The average molecular weight is 635 g/mol. The molecule has 0 radical (unpaired) electrons. The molecule has 1 fully saturated rings. The number of aromatic nitrogens is 1. The van der Waals surface area contributed by atoms with E-state index in [4.69, 9.17) is 35.0 Å². The molecule has 12 heteroatoms. The van der Waals surface area contributed by atoms with Crippen LogP contribution in [0.4, 0.5) is 0 Å². The van der Waals surface area contributed by atoms with E-state index < -0.39 is 5.91 Å². The summed E-state index contributed by atoms with van der Waals surface area (Å²) in [6.45, 7) is 8.32. The highest BCUT2D eigenvalue weighted by Crippen LogP contribution is 2.36. The van der Waals surface area contributed by atoms with Gasteiger partial charge in [-0.15, -0.1) is 0 Å². The number of amides is 2. The van der Waals surface area contributed by atoms with Gasteiger partial charge < -0.3 is 32.8 Å². The van der Waals surface area contributed by atoms with E-state index in [0.29, 0.717) is 55.7 Å². The van der Waals surface area contributed by atoms with Gasteiger partial charge in [0.25, 0.3) is 5.91 Å². The molecule has 5 rings (SSSR count). The average Bonchev–Trinajstić information content (AvgIpc) is 3.66. The molecule has 2 amide bonds. The minimum Gasteiger partial charge on any atom is -0.490 e. The Balaban J connectivity index is 1.14. The number of hydrazone groups is 1. The highest BCUT2D eigenvalue weighted by atomic mass is 35.5. The Morgan fingerprint density at radius 2 is 1.71 bits per heavy atom. The van der Waals surface area contributed by atoms with Crippen LogP contribution >= 0.6 is 11.6 Å². The van der Waals surface area contributed by atoms with E-state index in [9.17, 15) is 9.59 Å². The largest absolute Gasteiger partial charge is 0.490 e. The van der Waals surface area contributed by atoms with Crippen molar-refractivity contribution in [2.75, 3.05) is 39.5 Å². The minimum absolute atomic E-state index is 0.0846. The Hall–Kier alpha value is -4.74. The second kappa shape index (κ2) is 14.8. The van der Waals surface area contributed by atoms with Gasteiger partial charge in [-0.25, -0.2) is 5.43 Å². The van der Waals surface area contributed by atoms with Gasteiger partial charge in [0.2, 0.25) is 0 Å². The number of aryl methyl sites for hydroxylation is 2. The first kappa shape index (κ1) is 31.7. The predicted octanol–water partition coefficient (Wildman–Crippen LogP) is 5.32. The van der Waals surface area contributed by atoms with Crippen LogP contribution in [0.1, 0.15) is 40.2 Å². The summed E-state index contributed by atoms with van der Waals surface area (Å²) in [7, 11) is 0. The maximum atomic E-state index is 12.6. The van der Waals surface area contributed by atoms with Gasteiger partial charge in [0, 0.05) is 30.2 Å². The summed E-state index contributed by atoms with van der Waals surface area (Å²) in [5.74, 6) is 1.17. The van der Waals surface area contributed by atoms with Crippen LogP contribution in [0.2, 0.25) is 5.02 Å². The van der Waals surface area contributed by atoms with Crippen molar-refractivity contribution >= 4 is 29.6 Å². The van der Waals surface area contributed by atoms with Crippen molar-refractivity contribution in [1.29, 1.82) is 0 Å². The summed E-state index contributed by atoms with van der Waals surface area (Å²) in [4.78, 5) is 26.8. The number of benzene rings is 2. The van der Waals surface area contributed by atoms with Crippen molar-refractivity contribution < 1.29 is 33.0 Å².